The molecule has 0 saturated carbocycles. The van der Waals surface area contributed by atoms with Crippen molar-refractivity contribution in [1.82, 2.24) is 0 Å². The number of aryl methyl sites for hydroxylation is 1. The third-order valence-corrected chi connectivity index (χ3v) is 12.8. The van der Waals surface area contributed by atoms with E-state index in [0.717, 1.165) is 34.2 Å². The molecule has 0 aliphatic rings. The first-order valence-corrected chi connectivity index (χ1v) is 20.2. The third kappa shape index (κ3) is 4.52. The Morgan fingerprint density at radius 2 is 0.879 bits per heavy atom. The van der Waals surface area contributed by atoms with Crippen molar-refractivity contribution >= 4 is 75.4 Å². The zero-order valence-corrected chi connectivity index (χ0v) is 32.0. The van der Waals surface area contributed by atoms with Gasteiger partial charge in [-0.3, -0.25) is 0 Å². The number of benzene rings is 10. The van der Waals surface area contributed by atoms with Crippen molar-refractivity contribution in [2.45, 2.75) is 13.3 Å². The normalized spacial score (nSPS) is 11.9. The molecule has 0 bridgehead atoms. The van der Waals surface area contributed by atoms with E-state index < -0.39 is 0 Å². The highest BCUT2D eigenvalue weighted by molar-refractivity contribution is 6.45. The fourth-order valence-electron chi connectivity index (χ4n) is 10.3. The molecule has 12 rings (SSSR count). The van der Waals surface area contributed by atoms with Crippen LogP contribution in [0.25, 0.3) is 120 Å². The highest BCUT2D eigenvalue weighted by Crippen LogP contribution is 2.55. The molecule has 0 amide bonds. The van der Waals surface area contributed by atoms with Crippen LogP contribution in [0.4, 0.5) is 0 Å². The summed E-state index contributed by atoms with van der Waals surface area (Å²) in [6.45, 7) is 2.10. The van der Waals surface area contributed by atoms with E-state index in [1.54, 1.807) is 0 Å². The number of hydrogen-bond acceptors (Lipinski definition) is 1. The molecule has 0 unspecified atom stereocenters. The summed E-state index contributed by atoms with van der Waals surface area (Å²) >= 11 is 0. The first-order valence-electron chi connectivity index (χ1n) is 20.2. The molecule has 0 radical (unpaired) electrons. The maximum Gasteiger partial charge on any atom is 0.0994 e. The van der Waals surface area contributed by atoms with Crippen molar-refractivity contribution in [2.75, 3.05) is 0 Å². The van der Waals surface area contributed by atoms with Crippen molar-refractivity contribution in [1.29, 1.82) is 5.26 Å². The molecule has 1 nitrogen and oxygen atoms in total. The van der Waals surface area contributed by atoms with Gasteiger partial charge in [-0.25, -0.2) is 0 Å². The molecule has 0 aliphatic carbocycles. The molecule has 0 heterocycles. The molecule has 0 aliphatic heterocycles. The van der Waals surface area contributed by atoms with Gasteiger partial charge in [-0.1, -0.05) is 171 Å². The standard InChI is InChI=1S/C57H35N/c1-2-34-26-27-38(31-40(34)33-58)37-18-11-19-39(30-37)41-28-29-48-53-44(41)22-12-25-47(53)57-52(36-16-7-4-8-17-36)55-46-24-13-23-45-42-20-9-10-21-43(42)49(54(45)46)32-50(55)51(56(48)57)35-14-5-3-6-15-35/h3-32H,2H2,1H3. The molecule has 58 heavy (non-hydrogen) atoms. The van der Waals surface area contributed by atoms with Gasteiger partial charge in [0.25, 0.3) is 0 Å². The topological polar surface area (TPSA) is 23.8 Å². The zero-order chi connectivity index (χ0) is 38.5. The lowest BCUT2D eigenvalue weighted by Crippen LogP contribution is -1.91. The highest BCUT2D eigenvalue weighted by atomic mass is 14.3. The molecule has 0 spiro atoms. The minimum atomic E-state index is 0.746. The van der Waals surface area contributed by atoms with Crippen LogP contribution >= 0.6 is 0 Å². The van der Waals surface area contributed by atoms with Gasteiger partial charge >= 0.3 is 0 Å². The lowest BCUT2D eigenvalue weighted by atomic mass is 9.84. The average molecular weight is 734 g/mol. The second-order valence-electron chi connectivity index (χ2n) is 15.7. The van der Waals surface area contributed by atoms with Crippen molar-refractivity contribution < 1.29 is 0 Å². The quantitative estimate of drug-likeness (QED) is 0.162. The van der Waals surface area contributed by atoms with Gasteiger partial charge in [0, 0.05) is 0 Å². The summed E-state index contributed by atoms with van der Waals surface area (Å²) in [5.74, 6) is 0. The summed E-state index contributed by atoms with van der Waals surface area (Å²) in [6.07, 6.45) is 0.839. The summed E-state index contributed by atoms with van der Waals surface area (Å²) in [6, 6.07) is 69.6. The second-order valence-corrected chi connectivity index (χ2v) is 15.7. The van der Waals surface area contributed by atoms with Gasteiger partial charge in [0.05, 0.1) is 11.6 Å². The van der Waals surface area contributed by atoms with Crippen LogP contribution in [0.5, 0.6) is 0 Å². The zero-order valence-electron chi connectivity index (χ0n) is 32.0. The largest absolute Gasteiger partial charge is 0.192 e. The van der Waals surface area contributed by atoms with Gasteiger partial charge < -0.3 is 0 Å². The molecule has 12 aromatic carbocycles. The maximum atomic E-state index is 9.92. The number of nitriles is 1. The summed E-state index contributed by atoms with van der Waals surface area (Å²) in [5.41, 5.74) is 11.4. The molecular formula is C57H35N. The lowest BCUT2D eigenvalue weighted by Gasteiger charge is -2.19. The smallest absolute Gasteiger partial charge is 0.0994 e. The molecule has 0 fully saturated rings. The summed E-state index contributed by atoms with van der Waals surface area (Å²) in [5, 5.41) is 28.1. The van der Waals surface area contributed by atoms with E-state index >= 15 is 0 Å². The Balaban J connectivity index is 1.25. The predicted octanol–water partition coefficient (Wildman–Crippen LogP) is 15.7. The average Bonchev–Trinajstić information content (AvgIpc) is 3.80. The van der Waals surface area contributed by atoms with E-state index in [4.69, 9.17) is 0 Å². The van der Waals surface area contributed by atoms with E-state index in [9.17, 15) is 5.26 Å². The Hall–Kier alpha value is -7.53. The molecule has 1 heteroatoms. The van der Waals surface area contributed by atoms with Crippen LogP contribution < -0.4 is 0 Å². The lowest BCUT2D eigenvalue weighted by molar-refractivity contribution is 1.13. The molecule has 0 N–H and O–H groups in total. The van der Waals surface area contributed by atoms with E-state index in [-0.39, 0.29) is 0 Å². The molecule has 0 aromatic heterocycles. The van der Waals surface area contributed by atoms with Gasteiger partial charge in [0.15, 0.2) is 0 Å². The van der Waals surface area contributed by atoms with Crippen LogP contribution in [-0.4, -0.2) is 0 Å². The molecule has 0 saturated heterocycles. The van der Waals surface area contributed by atoms with Crippen molar-refractivity contribution in [3.63, 3.8) is 0 Å². The van der Waals surface area contributed by atoms with E-state index in [0.29, 0.717) is 0 Å². The summed E-state index contributed by atoms with van der Waals surface area (Å²) in [7, 11) is 0. The van der Waals surface area contributed by atoms with E-state index in [1.165, 1.54) is 103 Å². The minimum absolute atomic E-state index is 0.746. The third-order valence-electron chi connectivity index (χ3n) is 12.8. The van der Waals surface area contributed by atoms with Crippen molar-refractivity contribution in [2.24, 2.45) is 0 Å². The monoisotopic (exact) mass is 733 g/mol. The number of nitrogens with zero attached hydrogens (tertiary/aromatic N) is 1. The van der Waals surface area contributed by atoms with Gasteiger partial charge in [-0.15, -0.1) is 0 Å². The van der Waals surface area contributed by atoms with Crippen molar-refractivity contribution in [3.8, 4) is 50.6 Å². The fourth-order valence-corrected chi connectivity index (χ4v) is 10.3. The summed E-state index contributed by atoms with van der Waals surface area (Å²) < 4.78 is 0. The Morgan fingerprint density at radius 3 is 1.62 bits per heavy atom. The number of rotatable bonds is 5. The second kappa shape index (κ2) is 12.5. The fraction of sp³-hybridized carbons (Fsp3) is 0.0351. The first-order chi connectivity index (χ1) is 28.7. The van der Waals surface area contributed by atoms with Crippen LogP contribution in [0, 0.1) is 11.3 Å². The Morgan fingerprint density at radius 1 is 0.345 bits per heavy atom. The van der Waals surface area contributed by atoms with E-state index in [1.807, 2.05) is 6.07 Å². The van der Waals surface area contributed by atoms with Gasteiger partial charge in [0.1, 0.15) is 0 Å². The van der Waals surface area contributed by atoms with Crippen LogP contribution in [-0.2, 0) is 6.42 Å². The van der Waals surface area contributed by atoms with Crippen LogP contribution in [0.15, 0.2) is 182 Å². The molecule has 12 aromatic rings. The SMILES string of the molecule is CCc1ccc(-c2cccc(-c3ccc4c5c(-c6ccccc6)c6cc7c8ccccc8c8cccc(c6c(-c6ccccc6)c5c5cccc3c45)c87)c2)cc1C#N. The predicted molar refractivity (Wildman–Crippen MR) is 247 cm³/mol. The Labute approximate surface area is 336 Å². The van der Waals surface area contributed by atoms with Gasteiger partial charge in [-0.2, -0.15) is 5.26 Å². The molecular weight excluding hydrogens is 699 g/mol. The molecule has 268 valence electrons. The van der Waals surface area contributed by atoms with Gasteiger partial charge in [-0.05, 0) is 150 Å². The highest BCUT2D eigenvalue weighted by Gasteiger charge is 2.27. The van der Waals surface area contributed by atoms with Crippen molar-refractivity contribution in [3.05, 3.63) is 193 Å². The summed E-state index contributed by atoms with van der Waals surface area (Å²) in [4.78, 5) is 0. The van der Waals surface area contributed by atoms with Crippen LogP contribution in [0.3, 0.4) is 0 Å². The Bertz CT molecular complexity index is 3650. The maximum absolute atomic E-state index is 9.92. The minimum Gasteiger partial charge on any atom is -0.192 e. The molecule has 0 atom stereocenters. The first kappa shape index (κ1) is 32.7. The van der Waals surface area contributed by atoms with Crippen LogP contribution in [0.1, 0.15) is 18.1 Å². The number of hydrogen-bond donors (Lipinski definition) is 0. The van der Waals surface area contributed by atoms with E-state index in [2.05, 4.69) is 189 Å². The Kier molecular flexibility index (Phi) is 7.04. The number of fused-ring (bicyclic) bond motifs is 8. The van der Waals surface area contributed by atoms with Gasteiger partial charge in [0.2, 0.25) is 0 Å². The van der Waals surface area contributed by atoms with Crippen LogP contribution in [0.2, 0.25) is 0 Å².